The van der Waals surface area contributed by atoms with Crippen LogP contribution in [0.1, 0.15) is 97.3 Å². The molecular weight excluding hydrogens is 256 g/mol. The average Bonchev–Trinajstić information content (AvgIpc) is 2.54. The summed E-state index contributed by atoms with van der Waals surface area (Å²) in [4.78, 5) is 0. The van der Waals surface area contributed by atoms with Crippen LogP contribution >= 0.6 is 0 Å². The van der Waals surface area contributed by atoms with Crippen LogP contribution in [0.4, 0.5) is 0 Å². The fourth-order valence-electron chi connectivity index (χ4n) is 4.60. The molecule has 0 heterocycles. The molecule has 2 saturated carbocycles. The van der Waals surface area contributed by atoms with Crippen molar-refractivity contribution in [2.75, 3.05) is 6.61 Å². The van der Waals surface area contributed by atoms with E-state index in [-0.39, 0.29) is 0 Å². The molecule has 0 spiro atoms. The van der Waals surface area contributed by atoms with Gasteiger partial charge in [0.2, 0.25) is 0 Å². The van der Waals surface area contributed by atoms with Gasteiger partial charge in [-0.3, -0.25) is 0 Å². The lowest BCUT2D eigenvalue weighted by Crippen LogP contribution is -2.30. The van der Waals surface area contributed by atoms with E-state index in [1.54, 1.807) is 0 Å². The first kappa shape index (κ1) is 17.3. The molecule has 0 amide bonds. The summed E-state index contributed by atoms with van der Waals surface area (Å²) < 4.78 is 6.12. The zero-order valence-electron chi connectivity index (χ0n) is 14.6. The molecule has 0 aromatic heterocycles. The van der Waals surface area contributed by atoms with E-state index < -0.39 is 0 Å². The van der Waals surface area contributed by atoms with Crippen LogP contribution in [0.2, 0.25) is 0 Å². The summed E-state index contributed by atoms with van der Waals surface area (Å²) in [6, 6.07) is 0. The van der Waals surface area contributed by atoms with Crippen LogP contribution in [0.3, 0.4) is 0 Å². The van der Waals surface area contributed by atoms with Gasteiger partial charge in [-0.1, -0.05) is 58.8 Å². The van der Waals surface area contributed by atoms with Gasteiger partial charge in [0.05, 0.1) is 6.10 Å². The van der Waals surface area contributed by atoms with Crippen LogP contribution < -0.4 is 0 Å². The standard InChI is InChI=1S/C20H38O/c1-3-5-8-17-11-13-18(14-12-17)19-9-7-10-20(16-19)21-15-6-4-2/h17-20H,3-16H2,1-2H3/t17?,18?,19-,20-/m1/s1. The Morgan fingerprint density at radius 3 is 2.29 bits per heavy atom. The van der Waals surface area contributed by atoms with Crippen molar-refractivity contribution < 1.29 is 4.74 Å². The zero-order chi connectivity index (χ0) is 14.9. The summed E-state index contributed by atoms with van der Waals surface area (Å²) >= 11 is 0. The minimum atomic E-state index is 0.591. The SMILES string of the molecule is CCCCO[C@@H]1CCC[C@@H](C2CCC(CCCC)CC2)C1. The minimum Gasteiger partial charge on any atom is -0.378 e. The highest BCUT2D eigenvalue weighted by molar-refractivity contribution is 4.83. The lowest BCUT2D eigenvalue weighted by molar-refractivity contribution is -0.00324. The monoisotopic (exact) mass is 294 g/mol. The van der Waals surface area contributed by atoms with E-state index in [0.29, 0.717) is 6.10 Å². The summed E-state index contributed by atoms with van der Waals surface area (Å²) in [5.74, 6) is 3.07. The van der Waals surface area contributed by atoms with Gasteiger partial charge in [-0.15, -0.1) is 0 Å². The molecule has 0 N–H and O–H groups in total. The summed E-state index contributed by atoms with van der Waals surface area (Å²) in [6.45, 7) is 5.58. The molecule has 0 bridgehead atoms. The van der Waals surface area contributed by atoms with Gasteiger partial charge in [0.15, 0.2) is 0 Å². The predicted molar refractivity (Wildman–Crippen MR) is 91.6 cm³/mol. The van der Waals surface area contributed by atoms with Gasteiger partial charge in [0, 0.05) is 6.61 Å². The van der Waals surface area contributed by atoms with Gasteiger partial charge in [0.25, 0.3) is 0 Å². The molecular formula is C20H38O. The van der Waals surface area contributed by atoms with Crippen LogP contribution in [0.15, 0.2) is 0 Å². The van der Waals surface area contributed by atoms with Crippen molar-refractivity contribution in [3.8, 4) is 0 Å². The molecule has 2 aliphatic rings. The first-order valence-corrected chi connectivity index (χ1v) is 9.95. The molecule has 21 heavy (non-hydrogen) atoms. The maximum absolute atomic E-state index is 6.12. The zero-order valence-corrected chi connectivity index (χ0v) is 14.6. The quantitative estimate of drug-likeness (QED) is 0.473. The smallest absolute Gasteiger partial charge is 0.0577 e. The van der Waals surface area contributed by atoms with Crippen molar-refractivity contribution in [2.45, 2.75) is 103 Å². The Morgan fingerprint density at radius 1 is 0.810 bits per heavy atom. The lowest BCUT2D eigenvalue weighted by atomic mass is 9.70. The first-order chi connectivity index (χ1) is 10.3. The molecule has 1 heteroatoms. The highest BCUT2D eigenvalue weighted by Gasteiger charge is 2.31. The van der Waals surface area contributed by atoms with E-state index in [4.69, 9.17) is 4.74 Å². The van der Waals surface area contributed by atoms with Gasteiger partial charge in [-0.2, -0.15) is 0 Å². The number of rotatable bonds is 8. The lowest BCUT2D eigenvalue weighted by Gasteiger charge is -2.38. The highest BCUT2D eigenvalue weighted by Crippen LogP contribution is 2.41. The highest BCUT2D eigenvalue weighted by atomic mass is 16.5. The van der Waals surface area contributed by atoms with Crippen LogP contribution in [-0.4, -0.2) is 12.7 Å². The Hall–Kier alpha value is -0.0400. The third kappa shape index (κ3) is 5.93. The largest absolute Gasteiger partial charge is 0.378 e. The number of unbranched alkanes of at least 4 members (excludes halogenated alkanes) is 2. The maximum Gasteiger partial charge on any atom is 0.0577 e. The second kappa shape index (κ2) is 9.87. The topological polar surface area (TPSA) is 9.23 Å². The second-order valence-electron chi connectivity index (χ2n) is 7.70. The van der Waals surface area contributed by atoms with Gasteiger partial charge in [-0.05, 0) is 56.3 Å². The third-order valence-electron chi connectivity index (χ3n) is 6.04. The van der Waals surface area contributed by atoms with Crippen molar-refractivity contribution in [3.63, 3.8) is 0 Å². The number of hydrogen-bond acceptors (Lipinski definition) is 1. The molecule has 2 fully saturated rings. The summed E-state index contributed by atoms with van der Waals surface area (Å²) in [5.41, 5.74) is 0. The fraction of sp³-hybridized carbons (Fsp3) is 1.00. The van der Waals surface area contributed by atoms with E-state index >= 15 is 0 Å². The van der Waals surface area contributed by atoms with E-state index in [1.807, 2.05) is 0 Å². The Morgan fingerprint density at radius 2 is 1.57 bits per heavy atom. The molecule has 0 aliphatic heterocycles. The van der Waals surface area contributed by atoms with Crippen molar-refractivity contribution in [1.29, 1.82) is 0 Å². The molecule has 0 aromatic rings. The minimum absolute atomic E-state index is 0.591. The number of ether oxygens (including phenoxy) is 1. The summed E-state index contributed by atoms with van der Waals surface area (Å²) in [6.07, 6.45) is 19.1. The van der Waals surface area contributed by atoms with E-state index in [1.165, 1.54) is 83.5 Å². The maximum atomic E-state index is 6.12. The molecule has 2 aliphatic carbocycles. The van der Waals surface area contributed by atoms with Crippen LogP contribution in [0.5, 0.6) is 0 Å². The Balaban J connectivity index is 1.67. The van der Waals surface area contributed by atoms with Crippen molar-refractivity contribution in [1.82, 2.24) is 0 Å². The van der Waals surface area contributed by atoms with Gasteiger partial charge in [0.1, 0.15) is 0 Å². The Labute approximate surface area is 133 Å². The van der Waals surface area contributed by atoms with E-state index in [2.05, 4.69) is 13.8 Å². The molecule has 1 nitrogen and oxygen atoms in total. The van der Waals surface area contributed by atoms with Crippen LogP contribution in [0, 0.1) is 17.8 Å². The van der Waals surface area contributed by atoms with Crippen molar-refractivity contribution in [3.05, 3.63) is 0 Å². The average molecular weight is 295 g/mol. The van der Waals surface area contributed by atoms with Gasteiger partial charge < -0.3 is 4.74 Å². The Kier molecular flexibility index (Phi) is 8.14. The van der Waals surface area contributed by atoms with Gasteiger partial charge >= 0.3 is 0 Å². The molecule has 0 saturated heterocycles. The molecule has 0 aromatic carbocycles. The molecule has 0 radical (unpaired) electrons. The van der Waals surface area contributed by atoms with E-state index in [0.717, 1.165) is 24.4 Å². The van der Waals surface area contributed by atoms with Crippen molar-refractivity contribution in [2.24, 2.45) is 17.8 Å². The summed E-state index contributed by atoms with van der Waals surface area (Å²) in [5, 5.41) is 0. The summed E-state index contributed by atoms with van der Waals surface area (Å²) in [7, 11) is 0. The molecule has 2 rings (SSSR count). The third-order valence-corrected chi connectivity index (χ3v) is 6.04. The number of hydrogen-bond donors (Lipinski definition) is 0. The molecule has 0 unspecified atom stereocenters. The van der Waals surface area contributed by atoms with Crippen LogP contribution in [-0.2, 0) is 4.74 Å². The van der Waals surface area contributed by atoms with E-state index in [9.17, 15) is 0 Å². The fourth-order valence-corrected chi connectivity index (χ4v) is 4.60. The molecule has 2 atom stereocenters. The normalized spacial score (nSPS) is 34.0. The molecule has 124 valence electrons. The Bertz CT molecular complexity index is 255. The second-order valence-corrected chi connectivity index (χ2v) is 7.70. The first-order valence-electron chi connectivity index (χ1n) is 9.95. The predicted octanol–water partition coefficient (Wildman–Crippen LogP) is 6.36. The van der Waals surface area contributed by atoms with Gasteiger partial charge in [-0.25, -0.2) is 0 Å². The van der Waals surface area contributed by atoms with Crippen molar-refractivity contribution >= 4 is 0 Å². The van der Waals surface area contributed by atoms with Crippen LogP contribution in [0.25, 0.3) is 0 Å².